The van der Waals surface area contributed by atoms with E-state index in [1.807, 2.05) is 0 Å². The average Bonchev–Trinajstić information content (AvgIpc) is 2.22. The minimum Gasteiger partial charge on any atom is -0.365 e. The van der Waals surface area contributed by atoms with E-state index in [0.717, 1.165) is 19.6 Å². The fourth-order valence-corrected chi connectivity index (χ4v) is 2.55. The van der Waals surface area contributed by atoms with Crippen LogP contribution in [0.5, 0.6) is 0 Å². The van der Waals surface area contributed by atoms with E-state index in [9.17, 15) is 0 Å². The maximum absolute atomic E-state index is 2.48. The molecule has 1 rings (SSSR count). The third kappa shape index (κ3) is 5.93. The van der Waals surface area contributed by atoms with Gasteiger partial charge in [0, 0.05) is 0 Å². The van der Waals surface area contributed by atoms with Crippen LogP contribution in [0.15, 0.2) is 0 Å². The van der Waals surface area contributed by atoms with Gasteiger partial charge in [0.15, 0.2) is 0 Å². The molecule has 3 nitrogen and oxygen atoms in total. The second kappa shape index (κ2) is 7.75. The Bertz CT molecular complexity index is 242. The monoisotopic (exact) mass is 261 g/mol. The van der Waals surface area contributed by atoms with Gasteiger partial charge >= 0.3 is 0 Å². The predicted octanol–water partition coefficient (Wildman–Crippen LogP) is 2.06. The highest BCUT2D eigenvalue weighted by Gasteiger charge is 2.35. The van der Waals surface area contributed by atoms with Gasteiger partial charge < -0.3 is 14.2 Å². The summed E-state index contributed by atoms with van der Waals surface area (Å²) in [6.07, 6.45) is 0. The Morgan fingerprint density at radius 1 is 0.737 bits per heavy atom. The molecular formula is C13H30B3N3. The van der Waals surface area contributed by atoms with E-state index in [2.05, 4.69) is 77.6 Å². The topological polar surface area (TPSA) is 9.72 Å². The highest BCUT2D eigenvalue weighted by Crippen LogP contribution is 2.14. The Labute approximate surface area is 122 Å². The molecule has 1 fully saturated rings. The summed E-state index contributed by atoms with van der Waals surface area (Å²) >= 11 is 0. The first-order chi connectivity index (χ1) is 8.79. The molecular weight excluding hydrogens is 231 g/mol. The Hall–Kier alpha value is 0.0748. The van der Waals surface area contributed by atoms with Crippen LogP contribution in [0.1, 0.15) is 41.5 Å². The molecule has 0 aromatic heterocycles. The van der Waals surface area contributed by atoms with Gasteiger partial charge in [0.1, 0.15) is 0 Å². The highest BCUT2D eigenvalue weighted by molar-refractivity contribution is 6.73. The molecule has 19 heavy (non-hydrogen) atoms. The van der Waals surface area contributed by atoms with Crippen molar-refractivity contribution < 1.29 is 0 Å². The van der Waals surface area contributed by atoms with Gasteiger partial charge in [0.05, 0.1) is 0 Å². The molecule has 0 saturated carbocycles. The Morgan fingerprint density at radius 2 is 1.11 bits per heavy atom. The van der Waals surface area contributed by atoms with E-state index in [1.165, 1.54) is 0 Å². The molecule has 0 aliphatic carbocycles. The van der Waals surface area contributed by atoms with E-state index in [1.54, 1.807) is 0 Å². The first-order valence-electron chi connectivity index (χ1n) is 7.76. The Kier molecular flexibility index (Phi) is 6.99. The summed E-state index contributed by atoms with van der Waals surface area (Å²) < 4.78 is 7.32. The molecule has 2 radical (unpaired) electrons. The molecule has 0 aromatic carbocycles. The molecule has 1 aliphatic rings. The van der Waals surface area contributed by atoms with E-state index < -0.39 is 0 Å². The largest absolute Gasteiger partial charge is 0.365 e. The minimum absolute atomic E-state index is 0.466. The van der Waals surface area contributed by atoms with Crippen LogP contribution in [0, 0.1) is 17.8 Å². The van der Waals surface area contributed by atoms with Crippen molar-refractivity contribution in [3.05, 3.63) is 0 Å². The molecule has 0 spiro atoms. The molecule has 1 saturated heterocycles. The quantitative estimate of drug-likeness (QED) is 0.677. The van der Waals surface area contributed by atoms with Gasteiger partial charge in [-0.1, -0.05) is 48.4 Å². The predicted molar refractivity (Wildman–Crippen MR) is 87.8 cm³/mol. The SMILES string of the molecule is CB1N(CC(C)C)[B]N(CC(C)C)[B]N1CC(C)C. The summed E-state index contributed by atoms with van der Waals surface area (Å²) in [5, 5.41) is 0. The number of hydrogen-bond acceptors (Lipinski definition) is 3. The molecule has 106 valence electrons. The van der Waals surface area contributed by atoms with Gasteiger partial charge in [-0.3, -0.25) is 0 Å². The van der Waals surface area contributed by atoms with E-state index in [4.69, 9.17) is 0 Å². The highest BCUT2D eigenvalue weighted by atomic mass is 15.3. The molecule has 1 heterocycles. The minimum atomic E-state index is 0.466. The van der Waals surface area contributed by atoms with Crippen LogP contribution in [0.2, 0.25) is 6.82 Å². The Balaban J connectivity index is 2.69. The van der Waals surface area contributed by atoms with Crippen molar-refractivity contribution in [3.8, 4) is 0 Å². The average molecular weight is 261 g/mol. The fraction of sp³-hybridized carbons (Fsp3) is 1.00. The van der Waals surface area contributed by atoms with Crippen LogP contribution in [-0.2, 0) is 0 Å². The van der Waals surface area contributed by atoms with Crippen molar-refractivity contribution in [1.82, 2.24) is 14.2 Å². The lowest BCUT2D eigenvalue weighted by Gasteiger charge is -2.46. The molecule has 0 bridgehead atoms. The summed E-state index contributed by atoms with van der Waals surface area (Å²) in [5.74, 6) is 2.07. The third-order valence-corrected chi connectivity index (χ3v) is 3.28. The first kappa shape index (κ1) is 17.1. The second-order valence-electron chi connectivity index (χ2n) is 7.13. The van der Waals surface area contributed by atoms with Crippen molar-refractivity contribution in [2.24, 2.45) is 17.8 Å². The zero-order valence-electron chi connectivity index (χ0n) is 13.9. The van der Waals surface area contributed by atoms with Crippen LogP contribution in [0.3, 0.4) is 0 Å². The standard InChI is InChI=1S/C13H30B3N3/c1-11(2)8-17-14-18(9-12(3)4)16(7)19(15-17)10-13(5)6/h11-13H,8-10H2,1-7H3. The molecule has 6 heteroatoms. The number of nitrogens with zero attached hydrogens (tertiary/aromatic N) is 3. The zero-order valence-corrected chi connectivity index (χ0v) is 13.9. The van der Waals surface area contributed by atoms with E-state index >= 15 is 0 Å². The van der Waals surface area contributed by atoms with Gasteiger partial charge in [-0.05, 0) is 37.4 Å². The van der Waals surface area contributed by atoms with Crippen molar-refractivity contribution in [2.75, 3.05) is 19.6 Å². The van der Waals surface area contributed by atoms with Crippen LogP contribution >= 0.6 is 0 Å². The first-order valence-corrected chi connectivity index (χ1v) is 7.76. The normalized spacial score (nSPS) is 19.4. The molecule has 1 aliphatic heterocycles. The van der Waals surface area contributed by atoms with Gasteiger partial charge in [0.2, 0.25) is 0 Å². The number of hydrogen-bond donors (Lipinski definition) is 0. The van der Waals surface area contributed by atoms with Crippen LogP contribution in [0.25, 0.3) is 0 Å². The Morgan fingerprint density at radius 3 is 1.42 bits per heavy atom. The fourth-order valence-electron chi connectivity index (χ4n) is 2.55. The van der Waals surface area contributed by atoms with Crippen LogP contribution in [-0.4, -0.2) is 55.9 Å². The van der Waals surface area contributed by atoms with E-state index in [-0.39, 0.29) is 0 Å². The molecule has 0 N–H and O–H groups in total. The van der Waals surface area contributed by atoms with Crippen molar-refractivity contribution in [3.63, 3.8) is 0 Å². The summed E-state index contributed by atoms with van der Waals surface area (Å²) in [6, 6.07) is 0. The van der Waals surface area contributed by atoms with Gasteiger partial charge in [-0.25, -0.2) is 0 Å². The molecule has 0 amide bonds. The van der Waals surface area contributed by atoms with Crippen LogP contribution < -0.4 is 0 Å². The van der Waals surface area contributed by atoms with Gasteiger partial charge in [-0.15, -0.1) is 0 Å². The zero-order chi connectivity index (χ0) is 14.6. The smallest absolute Gasteiger partial charge is 0.290 e. The summed E-state index contributed by atoms with van der Waals surface area (Å²) in [7, 11) is 4.61. The summed E-state index contributed by atoms with van der Waals surface area (Å²) in [6.45, 7) is 19.8. The third-order valence-electron chi connectivity index (χ3n) is 3.28. The maximum atomic E-state index is 2.48. The van der Waals surface area contributed by atoms with Crippen molar-refractivity contribution >= 4 is 22.1 Å². The number of rotatable bonds is 6. The van der Waals surface area contributed by atoms with Crippen molar-refractivity contribution in [1.29, 1.82) is 0 Å². The summed E-state index contributed by atoms with van der Waals surface area (Å²) in [5.41, 5.74) is 0. The summed E-state index contributed by atoms with van der Waals surface area (Å²) in [4.78, 5) is 0. The lowest BCUT2D eigenvalue weighted by atomic mass is 9.59. The van der Waals surface area contributed by atoms with Gasteiger partial charge in [0.25, 0.3) is 22.1 Å². The molecule has 0 atom stereocenters. The van der Waals surface area contributed by atoms with Crippen LogP contribution in [0.4, 0.5) is 0 Å². The van der Waals surface area contributed by atoms with E-state index in [0.29, 0.717) is 24.7 Å². The molecule has 0 unspecified atom stereocenters. The molecule has 0 aromatic rings. The van der Waals surface area contributed by atoms with Crippen molar-refractivity contribution in [2.45, 2.75) is 48.4 Å². The second-order valence-corrected chi connectivity index (χ2v) is 7.13. The van der Waals surface area contributed by atoms with Gasteiger partial charge in [-0.2, -0.15) is 0 Å². The lowest BCUT2D eigenvalue weighted by molar-refractivity contribution is 0.387. The lowest BCUT2D eigenvalue weighted by Crippen LogP contribution is -2.68. The maximum Gasteiger partial charge on any atom is 0.290 e.